The fraction of sp³-hybridized carbons (Fsp3) is 0.417. The Labute approximate surface area is 89.7 Å². The van der Waals surface area contributed by atoms with Gasteiger partial charge in [0, 0.05) is 0 Å². The second-order valence-corrected chi connectivity index (χ2v) is 4.79. The van der Waals surface area contributed by atoms with Gasteiger partial charge >= 0.3 is 0 Å². The highest BCUT2D eigenvalue weighted by Crippen LogP contribution is 2.12. The summed E-state index contributed by atoms with van der Waals surface area (Å²) in [5, 5.41) is 0. The first-order valence-electron chi connectivity index (χ1n) is 4.95. The van der Waals surface area contributed by atoms with Crippen LogP contribution in [0.1, 0.15) is 24.8 Å². The summed E-state index contributed by atoms with van der Waals surface area (Å²) in [4.78, 5) is 0.908. The Hall–Kier alpha value is -0.470. The predicted molar refractivity (Wildman–Crippen MR) is 61.7 cm³/mol. The first-order chi connectivity index (χ1) is 6.74. The number of hydrogen-bond acceptors (Lipinski definition) is 1. The van der Waals surface area contributed by atoms with Crippen LogP contribution in [-0.4, -0.2) is 10.8 Å². The fourth-order valence-electron chi connectivity index (χ4n) is 1.35. The van der Waals surface area contributed by atoms with Crippen molar-refractivity contribution in [2.75, 3.05) is 6.26 Å². The van der Waals surface area contributed by atoms with Crippen LogP contribution in [0.5, 0.6) is 0 Å². The smallest absolute Gasteiger partial charge is 0.152 e. The lowest BCUT2D eigenvalue weighted by molar-refractivity contribution is 0.601. The summed E-state index contributed by atoms with van der Waals surface area (Å²) in [6, 6.07) is 8.05. The standard InChI is InChI=1S/C12H17OS/c1-3-4-5-6-11-7-9-12(10-8-11)14(2)13/h7-10H,1,3-6H2,2H3. The molecule has 0 spiro atoms. The van der Waals surface area contributed by atoms with Crippen LogP contribution in [0, 0.1) is 6.92 Å². The summed E-state index contributed by atoms with van der Waals surface area (Å²) >= 11 is -0.855. The van der Waals surface area contributed by atoms with Crippen LogP contribution in [0.25, 0.3) is 0 Å². The van der Waals surface area contributed by atoms with Gasteiger partial charge in [0.05, 0.1) is 0 Å². The Morgan fingerprint density at radius 1 is 1.21 bits per heavy atom. The third kappa shape index (κ3) is 3.72. The number of hydrogen-bond donors (Lipinski definition) is 0. The average molecular weight is 209 g/mol. The zero-order chi connectivity index (χ0) is 10.4. The van der Waals surface area contributed by atoms with Crippen LogP contribution in [0.4, 0.5) is 0 Å². The number of rotatable bonds is 5. The number of unbranched alkanes of at least 4 members (excludes halogenated alkanes) is 2. The van der Waals surface area contributed by atoms with Gasteiger partial charge in [0.2, 0.25) is 0 Å². The van der Waals surface area contributed by atoms with E-state index >= 15 is 0 Å². The molecule has 2 heteroatoms. The van der Waals surface area contributed by atoms with Crippen LogP contribution >= 0.6 is 0 Å². The molecule has 0 N–H and O–H groups in total. The molecule has 1 aromatic rings. The highest BCUT2D eigenvalue weighted by atomic mass is 32.2. The second kappa shape index (κ2) is 6.10. The van der Waals surface area contributed by atoms with E-state index in [-0.39, 0.29) is 0 Å². The van der Waals surface area contributed by atoms with Crippen molar-refractivity contribution < 1.29 is 4.55 Å². The molecule has 1 unspecified atom stereocenters. The lowest BCUT2D eigenvalue weighted by Gasteiger charge is -2.05. The quantitative estimate of drug-likeness (QED) is 0.540. The molecule has 1 atom stereocenters. The van der Waals surface area contributed by atoms with E-state index < -0.39 is 11.2 Å². The maximum absolute atomic E-state index is 11.1. The first kappa shape index (κ1) is 11.6. The lowest BCUT2D eigenvalue weighted by Crippen LogP contribution is -1.97. The van der Waals surface area contributed by atoms with Crippen LogP contribution in [0.3, 0.4) is 0 Å². The Kier molecular flexibility index (Phi) is 5.05. The second-order valence-electron chi connectivity index (χ2n) is 3.41. The van der Waals surface area contributed by atoms with Crippen molar-refractivity contribution in [3.63, 3.8) is 0 Å². The third-order valence-corrected chi connectivity index (χ3v) is 3.16. The van der Waals surface area contributed by atoms with E-state index in [1.807, 2.05) is 12.1 Å². The normalized spacial score (nSPS) is 12.8. The van der Waals surface area contributed by atoms with Gasteiger partial charge in [-0.15, -0.1) is 0 Å². The minimum Gasteiger partial charge on any atom is -0.612 e. The first-order valence-corrected chi connectivity index (χ1v) is 6.51. The van der Waals surface area contributed by atoms with Gasteiger partial charge in [-0.25, -0.2) is 0 Å². The van der Waals surface area contributed by atoms with Crippen molar-refractivity contribution in [3.8, 4) is 0 Å². The fourth-order valence-corrected chi connectivity index (χ4v) is 1.87. The zero-order valence-corrected chi connectivity index (χ0v) is 9.48. The van der Waals surface area contributed by atoms with Crippen molar-refractivity contribution >= 4 is 11.2 Å². The predicted octanol–water partition coefficient (Wildman–Crippen LogP) is 2.97. The van der Waals surface area contributed by atoms with Gasteiger partial charge in [0.1, 0.15) is 6.26 Å². The van der Waals surface area contributed by atoms with Gasteiger partial charge in [0.15, 0.2) is 4.90 Å². The molecule has 14 heavy (non-hydrogen) atoms. The molecule has 0 bridgehead atoms. The molecule has 1 aromatic carbocycles. The molecule has 0 saturated carbocycles. The summed E-state index contributed by atoms with van der Waals surface area (Å²) in [6.45, 7) is 3.81. The zero-order valence-electron chi connectivity index (χ0n) is 8.66. The highest BCUT2D eigenvalue weighted by molar-refractivity contribution is 7.90. The van der Waals surface area contributed by atoms with Crippen LogP contribution in [-0.2, 0) is 17.6 Å². The summed E-state index contributed by atoms with van der Waals surface area (Å²) in [6.07, 6.45) is 6.19. The van der Waals surface area contributed by atoms with Crippen molar-refractivity contribution in [2.45, 2.75) is 30.6 Å². The topological polar surface area (TPSA) is 23.1 Å². The Bertz CT molecular complexity index is 254. The van der Waals surface area contributed by atoms with E-state index in [0.29, 0.717) is 0 Å². The molecule has 0 aromatic heterocycles. The van der Waals surface area contributed by atoms with Gasteiger partial charge in [0.25, 0.3) is 0 Å². The molecular weight excluding hydrogens is 192 g/mol. The molecule has 0 aliphatic carbocycles. The SMILES string of the molecule is [CH2]CCCCc1ccc([S+](C)[O-])cc1. The number of benzene rings is 1. The summed E-state index contributed by atoms with van der Waals surface area (Å²) < 4.78 is 11.1. The Morgan fingerprint density at radius 3 is 2.36 bits per heavy atom. The van der Waals surface area contributed by atoms with Gasteiger partial charge in [-0.1, -0.05) is 31.9 Å². The van der Waals surface area contributed by atoms with Crippen molar-refractivity contribution in [1.82, 2.24) is 0 Å². The monoisotopic (exact) mass is 209 g/mol. The van der Waals surface area contributed by atoms with Gasteiger partial charge in [-0.05, 0) is 41.7 Å². The molecule has 0 saturated heterocycles. The third-order valence-electron chi connectivity index (χ3n) is 2.22. The highest BCUT2D eigenvalue weighted by Gasteiger charge is 2.02. The minimum absolute atomic E-state index is 0.855. The van der Waals surface area contributed by atoms with Gasteiger partial charge < -0.3 is 4.55 Å². The molecule has 1 radical (unpaired) electrons. The molecule has 1 nitrogen and oxygen atoms in total. The largest absolute Gasteiger partial charge is 0.612 e. The maximum Gasteiger partial charge on any atom is 0.152 e. The van der Waals surface area contributed by atoms with E-state index in [9.17, 15) is 4.55 Å². The minimum atomic E-state index is -0.855. The van der Waals surface area contributed by atoms with E-state index in [2.05, 4.69) is 19.1 Å². The van der Waals surface area contributed by atoms with Crippen molar-refractivity contribution in [1.29, 1.82) is 0 Å². The molecule has 1 rings (SSSR count). The molecular formula is C12H17OS. The van der Waals surface area contributed by atoms with E-state index in [1.165, 1.54) is 18.4 Å². The van der Waals surface area contributed by atoms with E-state index in [1.54, 1.807) is 6.26 Å². The van der Waals surface area contributed by atoms with Gasteiger partial charge in [-0.3, -0.25) is 0 Å². The van der Waals surface area contributed by atoms with Crippen molar-refractivity contribution in [2.24, 2.45) is 0 Å². The maximum atomic E-state index is 11.1. The summed E-state index contributed by atoms with van der Waals surface area (Å²) in [7, 11) is 0. The van der Waals surface area contributed by atoms with E-state index in [0.717, 1.165) is 17.7 Å². The average Bonchev–Trinajstić information content (AvgIpc) is 2.19. The Morgan fingerprint density at radius 2 is 1.86 bits per heavy atom. The van der Waals surface area contributed by atoms with E-state index in [4.69, 9.17) is 0 Å². The molecule has 77 valence electrons. The van der Waals surface area contributed by atoms with Crippen LogP contribution in [0.15, 0.2) is 29.2 Å². The van der Waals surface area contributed by atoms with Crippen LogP contribution < -0.4 is 0 Å². The summed E-state index contributed by atoms with van der Waals surface area (Å²) in [5.41, 5.74) is 1.33. The summed E-state index contributed by atoms with van der Waals surface area (Å²) in [5.74, 6) is 0. The molecule has 0 heterocycles. The molecule has 0 aliphatic rings. The van der Waals surface area contributed by atoms with Crippen molar-refractivity contribution in [3.05, 3.63) is 36.8 Å². The Balaban J connectivity index is 2.47. The van der Waals surface area contributed by atoms with Gasteiger partial charge in [-0.2, -0.15) is 0 Å². The molecule has 0 amide bonds. The molecule has 0 fully saturated rings. The van der Waals surface area contributed by atoms with Crippen LogP contribution in [0.2, 0.25) is 0 Å². The lowest BCUT2D eigenvalue weighted by atomic mass is 10.1. The molecule has 0 aliphatic heterocycles. The number of aryl methyl sites for hydroxylation is 1.